The van der Waals surface area contributed by atoms with E-state index in [1.165, 1.54) is 22.3 Å². The molecule has 1 heterocycles. The smallest absolute Gasteiger partial charge is 0.116 e. The van der Waals surface area contributed by atoms with Gasteiger partial charge in [-0.15, -0.1) is 0 Å². The molecule has 1 aromatic heterocycles. The largest absolute Gasteiger partial charge is 0.299 e. The predicted molar refractivity (Wildman–Crippen MR) is 239 cm³/mol. The van der Waals surface area contributed by atoms with E-state index in [1.54, 1.807) is 6.20 Å². The van der Waals surface area contributed by atoms with E-state index in [-0.39, 0.29) is 0 Å². The van der Waals surface area contributed by atoms with Crippen LogP contribution in [0.2, 0.25) is 0 Å². The molecule has 0 bridgehead atoms. The Labute approximate surface area is 333 Å². The van der Waals surface area contributed by atoms with Crippen LogP contribution in [-0.4, -0.2) is 16.4 Å². The molecule has 2 N–H and O–H groups in total. The monoisotopic (exact) mass is 730 g/mol. The van der Waals surface area contributed by atoms with Crippen molar-refractivity contribution in [1.82, 2.24) is 4.98 Å². The van der Waals surface area contributed by atoms with Crippen molar-refractivity contribution in [2.45, 2.75) is 0 Å². The summed E-state index contributed by atoms with van der Waals surface area (Å²) < 4.78 is 0. The first-order valence-corrected chi connectivity index (χ1v) is 19.0. The Morgan fingerprint density at radius 2 is 0.754 bits per heavy atom. The number of allylic oxidation sites excluding steroid dienone is 4. The zero-order chi connectivity index (χ0) is 38.4. The van der Waals surface area contributed by atoms with E-state index in [2.05, 4.69) is 162 Å². The van der Waals surface area contributed by atoms with Crippen molar-refractivity contribution in [1.29, 1.82) is 5.41 Å². The summed E-state index contributed by atoms with van der Waals surface area (Å²) in [5.41, 5.74) is 20.3. The van der Waals surface area contributed by atoms with Gasteiger partial charge in [0.25, 0.3) is 0 Å². The van der Waals surface area contributed by atoms with E-state index in [9.17, 15) is 5.41 Å². The van der Waals surface area contributed by atoms with Crippen molar-refractivity contribution in [3.8, 4) is 55.6 Å². The number of rotatable bonds is 9. The quantitative estimate of drug-likeness (QED) is 0.115. The maximum absolute atomic E-state index is 9.26. The molecule has 57 heavy (non-hydrogen) atoms. The van der Waals surface area contributed by atoms with E-state index >= 15 is 0 Å². The summed E-state index contributed by atoms with van der Waals surface area (Å²) in [4.78, 5) is 4.25. The number of anilines is 1. The SMILES string of the molecule is N=C1C=C(c2ccc(-c3ccc(-c4ccccc4)cc3)cc2)C=C(c2ccc(-c3ccc(-c4ccccc4)cc3)cc2)/C1=N/Nc1ccc(-c2cccnc2)cc1. The van der Waals surface area contributed by atoms with Crippen LogP contribution in [0.5, 0.6) is 0 Å². The van der Waals surface area contributed by atoms with E-state index in [0.717, 1.165) is 61.3 Å². The lowest BCUT2D eigenvalue weighted by Gasteiger charge is -2.19. The van der Waals surface area contributed by atoms with Gasteiger partial charge in [0, 0.05) is 18.0 Å². The Balaban J connectivity index is 1.00. The molecule has 7 aromatic carbocycles. The molecule has 0 unspecified atom stereocenters. The Morgan fingerprint density at radius 1 is 0.368 bits per heavy atom. The maximum atomic E-state index is 9.26. The lowest BCUT2D eigenvalue weighted by atomic mass is 9.87. The van der Waals surface area contributed by atoms with Crippen molar-refractivity contribution in [2.75, 3.05) is 5.43 Å². The fraction of sp³-hybridized carbons (Fsp3) is 0. The number of hydrogen-bond acceptors (Lipinski definition) is 4. The van der Waals surface area contributed by atoms with Crippen LogP contribution in [0.25, 0.3) is 66.8 Å². The van der Waals surface area contributed by atoms with Gasteiger partial charge in [-0.05, 0) is 103 Å². The summed E-state index contributed by atoms with van der Waals surface area (Å²) in [6, 6.07) is 67.5. The van der Waals surface area contributed by atoms with Gasteiger partial charge in [0.15, 0.2) is 0 Å². The number of benzene rings is 7. The number of nitrogens with one attached hydrogen (secondary N) is 2. The second-order valence-electron chi connectivity index (χ2n) is 14.0. The molecule has 1 aliphatic carbocycles. The zero-order valence-electron chi connectivity index (χ0n) is 31.2. The maximum Gasteiger partial charge on any atom is 0.116 e. The molecule has 0 atom stereocenters. The molecular weight excluding hydrogens is 693 g/mol. The molecular formula is C53H38N4. The van der Waals surface area contributed by atoms with Crippen LogP contribution in [0.3, 0.4) is 0 Å². The minimum Gasteiger partial charge on any atom is -0.299 e. The summed E-state index contributed by atoms with van der Waals surface area (Å²) in [7, 11) is 0. The van der Waals surface area contributed by atoms with Crippen molar-refractivity contribution >= 4 is 28.3 Å². The van der Waals surface area contributed by atoms with E-state index in [1.807, 2.05) is 60.8 Å². The van der Waals surface area contributed by atoms with Gasteiger partial charge in [-0.25, -0.2) is 0 Å². The molecule has 270 valence electrons. The van der Waals surface area contributed by atoms with Crippen molar-refractivity contribution < 1.29 is 0 Å². The number of aromatic nitrogens is 1. The molecule has 0 saturated heterocycles. The second kappa shape index (κ2) is 16.0. The van der Waals surface area contributed by atoms with Gasteiger partial charge < -0.3 is 0 Å². The third-order valence-corrected chi connectivity index (χ3v) is 10.4. The van der Waals surface area contributed by atoms with Crippen LogP contribution in [0, 0.1) is 5.41 Å². The van der Waals surface area contributed by atoms with Gasteiger partial charge in [-0.2, -0.15) is 5.10 Å². The Hall–Kier alpha value is -7.69. The van der Waals surface area contributed by atoms with Crippen LogP contribution >= 0.6 is 0 Å². The summed E-state index contributed by atoms with van der Waals surface area (Å²) in [6.45, 7) is 0. The molecule has 0 spiro atoms. The standard InChI is InChI=1S/C53H38N4/c54-52-35-49(46-23-21-43(22-24-46)41-17-13-39(14-18-41)37-8-3-1-4-9-37)34-51(53(52)57-56-50-31-29-45(30-32-50)48-12-7-33-55-36-48)47-27-25-44(26-28-47)42-19-15-40(16-20-42)38-10-5-2-6-11-38/h1-36,54,56H/b54-52?,57-53-. The van der Waals surface area contributed by atoms with Gasteiger partial charge in [0.1, 0.15) is 5.71 Å². The average molecular weight is 731 g/mol. The number of nitrogens with zero attached hydrogens (tertiary/aromatic N) is 2. The lowest BCUT2D eigenvalue weighted by molar-refractivity contribution is 1.32. The first-order valence-electron chi connectivity index (χ1n) is 19.0. The van der Waals surface area contributed by atoms with Gasteiger partial charge in [0.2, 0.25) is 0 Å². The summed E-state index contributed by atoms with van der Waals surface area (Å²) in [5.74, 6) is 0. The van der Waals surface area contributed by atoms with Gasteiger partial charge in [-0.3, -0.25) is 15.8 Å². The minimum absolute atomic E-state index is 0.336. The molecule has 0 saturated carbocycles. The van der Waals surface area contributed by atoms with E-state index < -0.39 is 0 Å². The molecule has 4 nitrogen and oxygen atoms in total. The van der Waals surface area contributed by atoms with Crippen molar-refractivity contribution in [3.63, 3.8) is 0 Å². The number of pyridine rings is 1. The zero-order valence-corrected chi connectivity index (χ0v) is 31.2. The molecule has 1 aliphatic rings. The summed E-state index contributed by atoms with van der Waals surface area (Å²) >= 11 is 0. The number of hydrogen-bond donors (Lipinski definition) is 2. The van der Waals surface area contributed by atoms with E-state index in [0.29, 0.717) is 11.4 Å². The normalized spacial score (nSPS) is 13.2. The first-order chi connectivity index (χ1) is 28.1. The van der Waals surface area contributed by atoms with Crippen molar-refractivity contribution in [2.24, 2.45) is 5.10 Å². The summed E-state index contributed by atoms with van der Waals surface area (Å²) in [5, 5.41) is 14.1. The van der Waals surface area contributed by atoms with Crippen LogP contribution in [0.1, 0.15) is 11.1 Å². The first kappa shape index (κ1) is 35.0. The van der Waals surface area contributed by atoms with Crippen LogP contribution in [0.4, 0.5) is 5.69 Å². The minimum atomic E-state index is 0.336. The molecule has 0 radical (unpaired) electrons. The Bertz CT molecular complexity index is 2730. The second-order valence-corrected chi connectivity index (χ2v) is 14.0. The fourth-order valence-electron chi connectivity index (χ4n) is 7.20. The van der Waals surface area contributed by atoms with E-state index in [4.69, 9.17) is 5.10 Å². The summed E-state index contributed by atoms with van der Waals surface area (Å²) in [6.07, 6.45) is 7.69. The fourth-order valence-corrected chi connectivity index (χ4v) is 7.20. The molecule has 4 heteroatoms. The van der Waals surface area contributed by atoms with Crippen LogP contribution < -0.4 is 5.43 Å². The molecule has 0 fully saturated rings. The molecule has 0 aliphatic heterocycles. The molecule has 9 rings (SSSR count). The third-order valence-electron chi connectivity index (χ3n) is 10.4. The Morgan fingerprint density at radius 3 is 1.21 bits per heavy atom. The van der Waals surface area contributed by atoms with Crippen molar-refractivity contribution in [3.05, 3.63) is 230 Å². The average Bonchev–Trinajstić information content (AvgIpc) is 3.30. The predicted octanol–water partition coefficient (Wildman–Crippen LogP) is 13.4. The third kappa shape index (κ3) is 7.79. The highest BCUT2D eigenvalue weighted by atomic mass is 15.3. The van der Waals surface area contributed by atoms with Gasteiger partial charge in [0.05, 0.1) is 11.4 Å². The van der Waals surface area contributed by atoms with Gasteiger partial charge in [-0.1, -0.05) is 176 Å². The van der Waals surface area contributed by atoms with Crippen LogP contribution in [0.15, 0.2) is 224 Å². The molecule has 0 amide bonds. The topological polar surface area (TPSA) is 61.1 Å². The lowest BCUT2D eigenvalue weighted by Crippen LogP contribution is -2.19. The highest BCUT2D eigenvalue weighted by molar-refractivity contribution is 6.62. The highest BCUT2D eigenvalue weighted by Gasteiger charge is 2.21. The Kier molecular flexibility index (Phi) is 9.81. The highest BCUT2D eigenvalue weighted by Crippen LogP contribution is 2.33. The van der Waals surface area contributed by atoms with Crippen LogP contribution in [-0.2, 0) is 0 Å². The van der Waals surface area contributed by atoms with Gasteiger partial charge >= 0.3 is 0 Å². The number of hydrazone groups is 1. The molecule has 8 aromatic rings.